The largest absolute Gasteiger partial charge is 0.507 e. The lowest BCUT2D eigenvalue weighted by atomic mass is 9.94. The number of rotatable bonds is 8. The van der Waals surface area contributed by atoms with Crippen molar-refractivity contribution in [3.63, 3.8) is 0 Å². The van der Waals surface area contributed by atoms with Crippen molar-refractivity contribution in [2.45, 2.75) is 12.5 Å². The van der Waals surface area contributed by atoms with Crippen LogP contribution < -0.4 is 9.47 Å². The van der Waals surface area contributed by atoms with Gasteiger partial charge in [0.1, 0.15) is 17.3 Å². The molecule has 1 unspecified atom stereocenters. The first-order chi connectivity index (χ1) is 16.4. The number of likely N-dealkylation sites (tertiary alicyclic amines) is 1. The number of Topliss-reactive ketones (excluding diaryl/α,β-unsaturated/α-hetero) is 1. The van der Waals surface area contributed by atoms with E-state index in [1.807, 2.05) is 43.3 Å². The van der Waals surface area contributed by atoms with E-state index in [4.69, 9.17) is 9.47 Å². The molecular formula is C26H29N3O5. The lowest BCUT2D eigenvalue weighted by molar-refractivity contribution is -0.139. The Kier molecular flexibility index (Phi) is 6.61. The summed E-state index contributed by atoms with van der Waals surface area (Å²) in [6.45, 7) is 1.13. The lowest BCUT2D eigenvalue weighted by Gasteiger charge is -2.25. The van der Waals surface area contributed by atoms with Gasteiger partial charge in [0.25, 0.3) is 11.7 Å². The second-order valence-electron chi connectivity index (χ2n) is 8.51. The number of carbonyl (C=O) groups excluding carboxylic acids is 2. The van der Waals surface area contributed by atoms with Gasteiger partial charge in [-0.1, -0.05) is 18.2 Å². The van der Waals surface area contributed by atoms with Crippen LogP contribution in [0.25, 0.3) is 16.7 Å². The minimum Gasteiger partial charge on any atom is -0.507 e. The molecule has 2 aromatic carbocycles. The molecule has 1 aliphatic rings. The maximum absolute atomic E-state index is 13.3. The van der Waals surface area contributed by atoms with Crippen LogP contribution in [0.3, 0.4) is 0 Å². The maximum Gasteiger partial charge on any atom is 0.295 e. The smallest absolute Gasteiger partial charge is 0.295 e. The highest BCUT2D eigenvalue weighted by molar-refractivity contribution is 6.46. The third-order valence-corrected chi connectivity index (χ3v) is 6.12. The summed E-state index contributed by atoms with van der Waals surface area (Å²) in [7, 11) is 6.91. The molecule has 1 atom stereocenters. The zero-order chi connectivity index (χ0) is 24.4. The van der Waals surface area contributed by atoms with Crippen LogP contribution in [-0.2, 0) is 9.59 Å². The van der Waals surface area contributed by atoms with Crippen molar-refractivity contribution in [1.82, 2.24) is 14.8 Å². The maximum atomic E-state index is 13.3. The average Bonchev–Trinajstić information content (AvgIpc) is 3.37. The number of H-pyrrole nitrogens is 1. The minimum absolute atomic E-state index is 0.0335. The minimum atomic E-state index is -0.741. The second-order valence-corrected chi connectivity index (χ2v) is 8.51. The number of fused-ring (bicyclic) bond motifs is 1. The highest BCUT2D eigenvalue weighted by atomic mass is 16.5. The topological polar surface area (TPSA) is 95.1 Å². The Bertz CT molecular complexity index is 1260. The van der Waals surface area contributed by atoms with Crippen LogP contribution in [0.1, 0.15) is 23.6 Å². The number of para-hydroxylation sites is 1. The van der Waals surface area contributed by atoms with Crippen LogP contribution in [0.2, 0.25) is 0 Å². The second kappa shape index (κ2) is 9.61. The molecule has 1 amide bonds. The van der Waals surface area contributed by atoms with Crippen LogP contribution in [0.4, 0.5) is 0 Å². The Hall–Kier alpha value is -3.78. The number of aliphatic hydroxyl groups excluding tert-OH is 1. The van der Waals surface area contributed by atoms with Crippen molar-refractivity contribution >= 4 is 28.4 Å². The van der Waals surface area contributed by atoms with E-state index in [-0.39, 0.29) is 16.9 Å². The Labute approximate surface area is 198 Å². The van der Waals surface area contributed by atoms with Gasteiger partial charge in [-0.3, -0.25) is 9.59 Å². The lowest BCUT2D eigenvalue weighted by Crippen LogP contribution is -2.32. The molecule has 0 radical (unpaired) electrons. The fourth-order valence-corrected chi connectivity index (χ4v) is 4.46. The SMILES string of the molecule is COc1ccc(OC)c(/C(O)=C2\C(=O)C(=O)N(CCCN(C)C)C2c2c[nH]c3ccccc23)c1. The molecule has 0 spiro atoms. The summed E-state index contributed by atoms with van der Waals surface area (Å²) in [5.74, 6) is -0.777. The molecule has 3 aromatic rings. The van der Waals surface area contributed by atoms with Gasteiger partial charge in [-0.25, -0.2) is 0 Å². The third kappa shape index (κ3) is 4.12. The summed E-state index contributed by atoms with van der Waals surface area (Å²) in [4.78, 5) is 33.3. The van der Waals surface area contributed by atoms with Gasteiger partial charge in [0, 0.05) is 29.2 Å². The monoisotopic (exact) mass is 463 g/mol. The molecule has 2 N–H and O–H groups in total. The van der Waals surface area contributed by atoms with Gasteiger partial charge in [0.2, 0.25) is 0 Å². The van der Waals surface area contributed by atoms with Crippen molar-refractivity contribution in [1.29, 1.82) is 0 Å². The molecule has 1 aliphatic heterocycles. The molecule has 2 heterocycles. The number of aliphatic hydroxyl groups is 1. The molecule has 0 bridgehead atoms. The predicted octanol–water partition coefficient (Wildman–Crippen LogP) is 3.56. The van der Waals surface area contributed by atoms with Crippen molar-refractivity contribution < 1.29 is 24.2 Å². The fourth-order valence-electron chi connectivity index (χ4n) is 4.46. The fraction of sp³-hybridized carbons (Fsp3) is 0.308. The van der Waals surface area contributed by atoms with E-state index in [9.17, 15) is 14.7 Å². The van der Waals surface area contributed by atoms with E-state index in [1.54, 1.807) is 29.3 Å². The summed E-state index contributed by atoms with van der Waals surface area (Å²) >= 11 is 0. The number of aromatic nitrogens is 1. The predicted molar refractivity (Wildman–Crippen MR) is 130 cm³/mol. The number of ketones is 1. The van der Waals surface area contributed by atoms with E-state index in [1.165, 1.54) is 14.2 Å². The van der Waals surface area contributed by atoms with Gasteiger partial charge in [-0.2, -0.15) is 0 Å². The molecule has 0 saturated carbocycles. The number of aromatic amines is 1. The van der Waals surface area contributed by atoms with E-state index in [2.05, 4.69) is 4.98 Å². The van der Waals surface area contributed by atoms with Gasteiger partial charge in [-0.15, -0.1) is 0 Å². The molecular weight excluding hydrogens is 434 g/mol. The molecule has 0 aliphatic carbocycles. The summed E-state index contributed by atoms with van der Waals surface area (Å²) in [6.07, 6.45) is 2.48. The Morgan fingerprint density at radius 1 is 1.12 bits per heavy atom. The first kappa shape index (κ1) is 23.4. The molecule has 4 rings (SSSR count). The van der Waals surface area contributed by atoms with Crippen molar-refractivity contribution in [2.24, 2.45) is 0 Å². The van der Waals surface area contributed by atoms with E-state index >= 15 is 0 Å². The van der Waals surface area contributed by atoms with Gasteiger partial charge in [0.05, 0.1) is 31.4 Å². The Morgan fingerprint density at radius 3 is 2.59 bits per heavy atom. The molecule has 1 saturated heterocycles. The molecule has 1 aromatic heterocycles. The van der Waals surface area contributed by atoms with Gasteiger partial charge in [-0.05, 0) is 51.3 Å². The third-order valence-electron chi connectivity index (χ3n) is 6.12. The Balaban J connectivity index is 1.91. The number of amides is 1. The molecule has 1 fully saturated rings. The molecule has 178 valence electrons. The number of hydrogen-bond acceptors (Lipinski definition) is 6. The zero-order valence-electron chi connectivity index (χ0n) is 19.8. The standard InChI is InChI=1S/C26H29N3O5/c1-28(2)12-7-13-29-23(19-15-27-20-9-6-5-8-17(19)20)22(25(31)26(29)32)24(30)18-14-16(33-3)10-11-21(18)34-4/h5-6,8-11,14-15,23,27,30H,7,12-13H2,1-4H3/b24-22+. The first-order valence-electron chi connectivity index (χ1n) is 11.1. The summed E-state index contributed by atoms with van der Waals surface area (Å²) < 4.78 is 10.7. The van der Waals surface area contributed by atoms with E-state index < -0.39 is 17.7 Å². The van der Waals surface area contributed by atoms with Crippen LogP contribution in [0.5, 0.6) is 11.5 Å². The van der Waals surface area contributed by atoms with Crippen molar-refractivity contribution in [2.75, 3.05) is 41.4 Å². The van der Waals surface area contributed by atoms with Gasteiger partial charge < -0.3 is 29.4 Å². The van der Waals surface area contributed by atoms with E-state index in [0.29, 0.717) is 24.5 Å². The van der Waals surface area contributed by atoms with Crippen LogP contribution >= 0.6 is 0 Å². The van der Waals surface area contributed by atoms with Crippen LogP contribution in [-0.4, -0.2) is 73.0 Å². The number of nitrogens with zero attached hydrogens (tertiary/aromatic N) is 2. The first-order valence-corrected chi connectivity index (χ1v) is 11.1. The highest BCUT2D eigenvalue weighted by Crippen LogP contribution is 2.43. The molecule has 34 heavy (non-hydrogen) atoms. The quantitative estimate of drug-likeness (QED) is 0.301. The summed E-state index contributed by atoms with van der Waals surface area (Å²) in [6, 6.07) is 11.9. The molecule has 8 heteroatoms. The summed E-state index contributed by atoms with van der Waals surface area (Å²) in [5.41, 5.74) is 1.96. The summed E-state index contributed by atoms with van der Waals surface area (Å²) in [5, 5.41) is 12.3. The average molecular weight is 464 g/mol. The number of ether oxygens (including phenoxy) is 2. The van der Waals surface area contributed by atoms with Gasteiger partial charge in [0.15, 0.2) is 0 Å². The van der Waals surface area contributed by atoms with Crippen LogP contribution in [0.15, 0.2) is 54.2 Å². The zero-order valence-corrected chi connectivity index (χ0v) is 19.8. The number of methoxy groups -OCH3 is 2. The number of nitrogens with one attached hydrogen (secondary N) is 1. The van der Waals surface area contributed by atoms with Crippen molar-refractivity contribution in [3.05, 3.63) is 65.4 Å². The Morgan fingerprint density at radius 2 is 1.88 bits per heavy atom. The highest BCUT2D eigenvalue weighted by Gasteiger charge is 2.46. The van der Waals surface area contributed by atoms with Crippen LogP contribution in [0, 0.1) is 0 Å². The van der Waals surface area contributed by atoms with E-state index in [0.717, 1.165) is 23.0 Å². The number of carbonyl (C=O) groups is 2. The number of benzene rings is 2. The van der Waals surface area contributed by atoms with Crippen molar-refractivity contribution in [3.8, 4) is 11.5 Å². The van der Waals surface area contributed by atoms with Gasteiger partial charge >= 0.3 is 0 Å². The number of hydrogen-bond donors (Lipinski definition) is 2. The normalized spacial score (nSPS) is 17.7. The molecule has 8 nitrogen and oxygen atoms in total.